The Morgan fingerprint density at radius 1 is 1.03 bits per heavy atom. The lowest BCUT2D eigenvalue weighted by molar-refractivity contribution is -0.139. The van der Waals surface area contributed by atoms with Gasteiger partial charge in [-0.2, -0.15) is 0 Å². The number of nitrogens with zero attached hydrogens (tertiary/aromatic N) is 1. The highest BCUT2D eigenvalue weighted by Crippen LogP contribution is 2.25. The summed E-state index contributed by atoms with van der Waals surface area (Å²) in [5, 5.41) is 12.2. The molecule has 0 fully saturated rings. The zero-order valence-electron chi connectivity index (χ0n) is 17.7. The topological polar surface area (TPSA) is 88.5 Å². The van der Waals surface area contributed by atoms with E-state index in [1.165, 1.54) is 5.56 Å². The monoisotopic (exact) mass is 430 g/mol. The second kappa shape index (κ2) is 10.2. The molecule has 2 unspecified atom stereocenters. The third-order valence-corrected chi connectivity index (χ3v) is 5.77. The normalized spacial score (nSPS) is 16.1. The Labute approximate surface area is 187 Å². The Hall–Kier alpha value is -3.51. The summed E-state index contributed by atoms with van der Waals surface area (Å²) in [6.07, 6.45) is 6.10. The van der Waals surface area contributed by atoms with Gasteiger partial charge in [-0.15, -0.1) is 0 Å². The lowest BCUT2D eigenvalue weighted by Crippen LogP contribution is -2.42. The van der Waals surface area contributed by atoms with Crippen molar-refractivity contribution in [3.63, 3.8) is 0 Å². The van der Waals surface area contributed by atoms with E-state index in [4.69, 9.17) is 4.74 Å². The number of pyridine rings is 1. The van der Waals surface area contributed by atoms with Crippen LogP contribution in [-0.4, -0.2) is 34.1 Å². The molecule has 6 heteroatoms. The lowest BCUT2D eigenvalue weighted by Gasteiger charge is -2.25. The molecule has 2 aromatic carbocycles. The van der Waals surface area contributed by atoms with Gasteiger partial charge in [0.25, 0.3) is 5.91 Å². The summed E-state index contributed by atoms with van der Waals surface area (Å²) in [5.74, 6) is -1.44. The number of carboxylic acids is 1. The van der Waals surface area contributed by atoms with Gasteiger partial charge in [0.1, 0.15) is 6.04 Å². The summed E-state index contributed by atoms with van der Waals surface area (Å²) in [6, 6.07) is 18.2. The zero-order valence-corrected chi connectivity index (χ0v) is 17.7. The zero-order chi connectivity index (χ0) is 22.3. The van der Waals surface area contributed by atoms with Crippen LogP contribution in [0.5, 0.6) is 0 Å². The van der Waals surface area contributed by atoms with Crippen molar-refractivity contribution in [1.82, 2.24) is 10.3 Å². The number of fused-ring (bicyclic) bond motifs is 1. The van der Waals surface area contributed by atoms with Crippen LogP contribution in [0, 0.1) is 0 Å². The molecule has 4 rings (SSSR count). The number of benzene rings is 2. The molecule has 32 heavy (non-hydrogen) atoms. The standard InChI is InChI=1S/C26H26N2O4/c29-25(28-24(26(30)31)14-18-10-12-27-13-11-18)22-7-6-21-16-23(9-8-20(21)15-22)32-17-19-4-2-1-3-5-19/h1-7,10-13,15,23-24H,8-9,14,16-17H2,(H,28,29)(H,30,31). The van der Waals surface area contributed by atoms with Crippen LogP contribution in [0.25, 0.3) is 0 Å². The van der Waals surface area contributed by atoms with Crippen LogP contribution < -0.4 is 5.32 Å². The second-order valence-corrected chi connectivity index (χ2v) is 8.07. The van der Waals surface area contributed by atoms with E-state index in [0.717, 1.165) is 36.0 Å². The summed E-state index contributed by atoms with van der Waals surface area (Å²) < 4.78 is 6.09. The molecule has 1 aliphatic rings. The molecule has 0 bridgehead atoms. The van der Waals surface area contributed by atoms with E-state index in [9.17, 15) is 14.7 Å². The Morgan fingerprint density at radius 3 is 2.56 bits per heavy atom. The highest BCUT2D eigenvalue weighted by molar-refractivity contribution is 5.96. The minimum absolute atomic E-state index is 0.152. The Balaban J connectivity index is 1.37. The SMILES string of the molecule is O=C(NC(Cc1ccncc1)C(=O)O)c1ccc2c(c1)CCC(OCc1ccccc1)C2. The second-order valence-electron chi connectivity index (χ2n) is 8.07. The number of carbonyl (C=O) groups is 2. The number of carboxylic acid groups (broad SMARTS) is 1. The summed E-state index contributed by atoms with van der Waals surface area (Å²) in [4.78, 5) is 28.3. The highest BCUT2D eigenvalue weighted by Gasteiger charge is 2.23. The van der Waals surface area contributed by atoms with E-state index in [2.05, 4.69) is 22.4 Å². The van der Waals surface area contributed by atoms with Crippen LogP contribution in [0.3, 0.4) is 0 Å². The molecule has 1 amide bonds. The molecule has 164 valence electrons. The first-order valence-corrected chi connectivity index (χ1v) is 10.8. The fourth-order valence-corrected chi connectivity index (χ4v) is 3.99. The number of nitrogens with one attached hydrogen (secondary N) is 1. The molecular formula is C26H26N2O4. The van der Waals surface area contributed by atoms with Gasteiger partial charge >= 0.3 is 5.97 Å². The van der Waals surface area contributed by atoms with Gasteiger partial charge in [-0.05, 0) is 65.8 Å². The first kappa shape index (κ1) is 21.7. The number of hydrogen-bond donors (Lipinski definition) is 2. The summed E-state index contributed by atoms with van der Waals surface area (Å²) in [7, 11) is 0. The minimum Gasteiger partial charge on any atom is -0.480 e. The summed E-state index contributed by atoms with van der Waals surface area (Å²) in [6.45, 7) is 0.593. The molecule has 0 spiro atoms. The number of carbonyl (C=O) groups excluding carboxylic acids is 1. The molecule has 0 saturated carbocycles. The van der Waals surface area contributed by atoms with Crippen LogP contribution in [0.15, 0.2) is 73.1 Å². The first-order valence-electron chi connectivity index (χ1n) is 10.8. The van der Waals surface area contributed by atoms with Gasteiger partial charge in [-0.1, -0.05) is 36.4 Å². The van der Waals surface area contributed by atoms with E-state index in [1.807, 2.05) is 30.3 Å². The van der Waals surface area contributed by atoms with Crippen LogP contribution in [0.2, 0.25) is 0 Å². The van der Waals surface area contributed by atoms with Gasteiger partial charge in [0.15, 0.2) is 0 Å². The quantitative estimate of drug-likeness (QED) is 0.570. The highest BCUT2D eigenvalue weighted by atomic mass is 16.5. The molecule has 0 saturated heterocycles. The van der Waals surface area contributed by atoms with E-state index >= 15 is 0 Å². The van der Waals surface area contributed by atoms with Gasteiger partial charge in [0.2, 0.25) is 0 Å². The van der Waals surface area contributed by atoms with E-state index in [0.29, 0.717) is 12.2 Å². The van der Waals surface area contributed by atoms with Crippen molar-refractivity contribution >= 4 is 11.9 Å². The largest absolute Gasteiger partial charge is 0.480 e. The summed E-state index contributed by atoms with van der Waals surface area (Å²) in [5.41, 5.74) is 4.74. The average molecular weight is 431 g/mol. The van der Waals surface area contributed by atoms with Gasteiger partial charge in [-0.3, -0.25) is 9.78 Å². The maximum atomic E-state index is 12.7. The fourth-order valence-electron chi connectivity index (χ4n) is 3.99. The van der Waals surface area contributed by atoms with Crippen LogP contribution >= 0.6 is 0 Å². The number of aliphatic carboxylic acids is 1. The molecule has 1 aromatic heterocycles. The molecule has 1 aliphatic carbocycles. The van der Waals surface area contributed by atoms with Crippen LogP contribution in [0.1, 0.15) is 39.0 Å². The maximum Gasteiger partial charge on any atom is 0.326 e. The van der Waals surface area contributed by atoms with Crippen molar-refractivity contribution in [2.45, 2.75) is 44.4 Å². The van der Waals surface area contributed by atoms with E-state index in [-0.39, 0.29) is 18.4 Å². The van der Waals surface area contributed by atoms with Crippen molar-refractivity contribution in [2.24, 2.45) is 0 Å². The van der Waals surface area contributed by atoms with Crippen LogP contribution in [-0.2, 0) is 35.4 Å². The number of ether oxygens (including phenoxy) is 1. The van der Waals surface area contributed by atoms with Gasteiger partial charge < -0.3 is 15.2 Å². The number of aryl methyl sites for hydroxylation is 1. The predicted molar refractivity (Wildman–Crippen MR) is 120 cm³/mol. The van der Waals surface area contributed by atoms with Crippen molar-refractivity contribution in [2.75, 3.05) is 0 Å². The van der Waals surface area contributed by atoms with Gasteiger partial charge in [0, 0.05) is 24.4 Å². The van der Waals surface area contributed by atoms with Crippen molar-refractivity contribution in [3.8, 4) is 0 Å². The van der Waals surface area contributed by atoms with Crippen molar-refractivity contribution in [3.05, 3.63) is 101 Å². The molecule has 2 atom stereocenters. The van der Waals surface area contributed by atoms with Crippen LogP contribution in [0.4, 0.5) is 0 Å². The van der Waals surface area contributed by atoms with Crippen molar-refractivity contribution in [1.29, 1.82) is 0 Å². The Kier molecular flexibility index (Phi) is 6.92. The molecule has 1 heterocycles. The first-order chi connectivity index (χ1) is 15.6. The maximum absolute atomic E-state index is 12.7. The number of rotatable bonds is 8. The number of hydrogen-bond acceptors (Lipinski definition) is 4. The van der Waals surface area contributed by atoms with Crippen molar-refractivity contribution < 1.29 is 19.4 Å². The molecule has 2 N–H and O–H groups in total. The predicted octanol–water partition coefficient (Wildman–Crippen LogP) is 3.58. The summed E-state index contributed by atoms with van der Waals surface area (Å²) >= 11 is 0. The van der Waals surface area contributed by atoms with E-state index < -0.39 is 12.0 Å². The lowest BCUT2D eigenvalue weighted by atomic mass is 9.88. The number of aromatic nitrogens is 1. The third-order valence-electron chi connectivity index (χ3n) is 5.77. The molecule has 3 aromatic rings. The third kappa shape index (κ3) is 5.59. The smallest absolute Gasteiger partial charge is 0.326 e. The molecule has 0 aliphatic heterocycles. The molecular weight excluding hydrogens is 404 g/mol. The Morgan fingerprint density at radius 2 is 1.81 bits per heavy atom. The van der Waals surface area contributed by atoms with Gasteiger partial charge in [-0.25, -0.2) is 4.79 Å². The van der Waals surface area contributed by atoms with E-state index in [1.54, 1.807) is 30.6 Å². The minimum atomic E-state index is -1.06. The molecule has 6 nitrogen and oxygen atoms in total. The molecule has 0 radical (unpaired) electrons. The van der Waals surface area contributed by atoms with Gasteiger partial charge in [0.05, 0.1) is 12.7 Å². The Bertz CT molecular complexity index is 1070. The fraction of sp³-hybridized carbons (Fsp3) is 0.269. The average Bonchev–Trinajstić information content (AvgIpc) is 2.83. The number of amides is 1.